The summed E-state index contributed by atoms with van der Waals surface area (Å²) in [7, 11) is 0. The number of nitrogens with zero attached hydrogens (tertiary/aromatic N) is 1. The highest BCUT2D eigenvalue weighted by Gasteiger charge is 2.59. The van der Waals surface area contributed by atoms with Crippen LogP contribution >= 0.6 is 0 Å². The first-order valence-electron chi connectivity index (χ1n) is 13.5. The Hall–Kier alpha value is -0.870. The number of aliphatic hydroxyl groups is 1. The summed E-state index contributed by atoms with van der Waals surface area (Å²) in [6, 6.07) is 0. The zero-order valence-corrected chi connectivity index (χ0v) is 20.6. The molecule has 5 aliphatic rings. The van der Waals surface area contributed by atoms with E-state index in [1.165, 1.54) is 38.5 Å². The minimum Gasteiger partial charge on any atom is -0.481 e. The van der Waals surface area contributed by atoms with Gasteiger partial charge in [-0.05, 0) is 111 Å². The van der Waals surface area contributed by atoms with Gasteiger partial charge in [0.25, 0.3) is 0 Å². The predicted octanol–water partition coefficient (Wildman–Crippen LogP) is 5.36. The van der Waals surface area contributed by atoms with Crippen molar-refractivity contribution in [3.63, 3.8) is 0 Å². The molecule has 1 saturated heterocycles. The lowest BCUT2D eigenvalue weighted by Gasteiger charge is -2.58. The number of aliphatic hydroxyl groups excluding tert-OH is 1. The molecule has 1 heterocycles. The molecule has 2 N–H and O–H groups in total. The standard InChI is InChI=1S/C28H45NO3/c1-18(16-29-14-4-5-19(17-29)26(31)32)23-8-9-24-22-7-6-20-15-21(30)10-12-27(20,2)25(22)11-13-28(23,24)3/h6,18-19,21-25,30H,4-5,7-17H2,1-3H3,(H,31,32)/t18-,19?,21+,22?,23-,24?,25?,27+,28-/m1/s1. The van der Waals surface area contributed by atoms with Crippen molar-refractivity contribution >= 4 is 5.97 Å². The Morgan fingerprint density at radius 3 is 2.75 bits per heavy atom. The Morgan fingerprint density at radius 1 is 1.16 bits per heavy atom. The summed E-state index contributed by atoms with van der Waals surface area (Å²) in [5.41, 5.74) is 2.34. The van der Waals surface area contributed by atoms with E-state index in [2.05, 4.69) is 31.7 Å². The van der Waals surface area contributed by atoms with Crippen molar-refractivity contribution in [1.29, 1.82) is 0 Å². The Kier molecular flexibility index (Phi) is 6.02. The van der Waals surface area contributed by atoms with Crippen molar-refractivity contribution in [1.82, 2.24) is 4.90 Å². The molecule has 4 aliphatic carbocycles. The molecule has 0 amide bonds. The molecule has 0 aromatic rings. The quantitative estimate of drug-likeness (QED) is 0.574. The fourth-order valence-electron chi connectivity index (χ4n) is 9.57. The molecule has 0 radical (unpaired) electrons. The number of aliphatic carboxylic acids is 1. The van der Waals surface area contributed by atoms with E-state index in [1.807, 2.05) is 0 Å². The number of fused-ring (bicyclic) bond motifs is 5. The SMILES string of the molecule is C[C@H](CN1CCCC(C(=O)O)C1)[C@H]1CCC2C3CC=C4C[C@@H](O)CC[C@]4(C)C3CC[C@@]21C. The molecule has 0 bridgehead atoms. The minimum atomic E-state index is -0.609. The average molecular weight is 444 g/mol. The maximum absolute atomic E-state index is 11.5. The molecule has 9 atom stereocenters. The number of carboxylic acids is 1. The van der Waals surface area contributed by atoms with Gasteiger partial charge in [0, 0.05) is 13.1 Å². The lowest BCUT2D eigenvalue weighted by atomic mass is 9.47. The molecule has 0 aromatic heterocycles. The molecule has 3 saturated carbocycles. The largest absolute Gasteiger partial charge is 0.481 e. The van der Waals surface area contributed by atoms with Gasteiger partial charge in [0.05, 0.1) is 12.0 Å². The lowest BCUT2D eigenvalue weighted by Crippen LogP contribution is -2.51. The summed E-state index contributed by atoms with van der Waals surface area (Å²) in [6.07, 6.45) is 14.0. The Morgan fingerprint density at radius 2 is 1.97 bits per heavy atom. The summed E-state index contributed by atoms with van der Waals surface area (Å²) >= 11 is 0. The lowest BCUT2D eigenvalue weighted by molar-refractivity contribution is -0.143. The molecule has 0 aromatic carbocycles. The number of allylic oxidation sites excluding steroid dienone is 1. The summed E-state index contributed by atoms with van der Waals surface area (Å²) in [5, 5.41) is 19.7. The Bertz CT molecular complexity index is 764. The van der Waals surface area contributed by atoms with E-state index in [0.29, 0.717) is 16.7 Å². The topological polar surface area (TPSA) is 60.8 Å². The summed E-state index contributed by atoms with van der Waals surface area (Å²) < 4.78 is 0. The average Bonchev–Trinajstić information content (AvgIpc) is 3.12. The van der Waals surface area contributed by atoms with Crippen molar-refractivity contribution < 1.29 is 15.0 Å². The van der Waals surface area contributed by atoms with Crippen molar-refractivity contribution in [2.45, 2.75) is 91.1 Å². The third kappa shape index (κ3) is 3.68. The highest BCUT2D eigenvalue weighted by atomic mass is 16.4. The number of carboxylic acid groups (broad SMARTS) is 1. The maximum Gasteiger partial charge on any atom is 0.307 e. The van der Waals surface area contributed by atoms with Crippen molar-refractivity contribution in [2.75, 3.05) is 19.6 Å². The van der Waals surface area contributed by atoms with Gasteiger partial charge in [-0.25, -0.2) is 0 Å². The zero-order chi connectivity index (χ0) is 22.7. The van der Waals surface area contributed by atoms with E-state index < -0.39 is 5.97 Å². The summed E-state index contributed by atoms with van der Waals surface area (Å²) in [6.45, 7) is 10.5. The van der Waals surface area contributed by atoms with Crippen LogP contribution in [-0.2, 0) is 4.79 Å². The smallest absolute Gasteiger partial charge is 0.307 e. The highest BCUT2D eigenvalue weighted by molar-refractivity contribution is 5.70. The van der Waals surface area contributed by atoms with Crippen LogP contribution in [0.3, 0.4) is 0 Å². The predicted molar refractivity (Wildman–Crippen MR) is 127 cm³/mol. The van der Waals surface area contributed by atoms with Crippen LogP contribution in [-0.4, -0.2) is 46.8 Å². The van der Waals surface area contributed by atoms with Crippen molar-refractivity contribution in [3.8, 4) is 0 Å². The molecule has 4 heteroatoms. The van der Waals surface area contributed by atoms with Crippen molar-refractivity contribution in [3.05, 3.63) is 11.6 Å². The number of carbonyl (C=O) groups is 1. The molecular formula is C28H45NO3. The van der Waals surface area contributed by atoms with Gasteiger partial charge >= 0.3 is 5.97 Å². The molecule has 32 heavy (non-hydrogen) atoms. The van der Waals surface area contributed by atoms with Gasteiger partial charge in [-0.1, -0.05) is 32.4 Å². The van der Waals surface area contributed by atoms with E-state index in [4.69, 9.17) is 0 Å². The Balaban J connectivity index is 1.29. The maximum atomic E-state index is 11.5. The molecule has 1 aliphatic heterocycles. The van der Waals surface area contributed by atoms with E-state index in [0.717, 1.165) is 69.0 Å². The van der Waals surface area contributed by atoms with E-state index >= 15 is 0 Å². The first-order valence-corrected chi connectivity index (χ1v) is 13.5. The summed E-state index contributed by atoms with van der Waals surface area (Å²) in [5.74, 6) is 3.10. The van der Waals surface area contributed by atoms with Crippen LogP contribution in [0.5, 0.6) is 0 Å². The van der Waals surface area contributed by atoms with Gasteiger partial charge in [-0.2, -0.15) is 0 Å². The monoisotopic (exact) mass is 443 g/mol. The number of hydrogen-bond donors (Lipinski definition) is 2. The fourth-order valence-corrected chi connectivity index (χ4v) is 9.57. The number of rotatable bonds is 4. The fraction of sp³-hybridized carbons (Fsp3) is 0.893. The van der Waals surface area contributed by atoms with Gasteiger partial charge in [0.2, 0.25) is 0 Å². The van der Waals surface area contributed by atoms with Crippen LogP contribution in [0.25, 0.3) is 0 Å². The zero-order valence-electron chi connectivity index (χ0n) is 20.6. The van der Waals surface area contributed by atoms with Gasteiger partial charge < -0.3 is 15.1 Å². The first-order chi connectivity index (χ1) is 15.2. The molecule has 0 spiro atoms. The number of likely N-dealkylation sites (tertiary alicyclic amines) is 1. The van der Waals surface area contributed by atoms with Gasteiger partial charge in [0.1, 0.15) is 0 Å². The van der Waals surface area contributed by atoms with Crippen LogP contribution < -0.4 is 0 Å². The second kappa shape index (κ2) is 8.41. The Labute approximate surface area is 194 Å². The molecule has 5 rings (SSSR count). The molecular weight excluding hydrogens is 398 g/mol. The highest BCUT2D eigenvalue weighted by Crippen LogP contribution is 2.67. The van der Waals surface area contributed by atoms with Crippen LogP contribution in [0.1, 0.15) is 85.0 Å². The third-order valence-corrected chi connectivity index (χ3v) is 11.2. The molecule has 4 fully saturated rings. The van der Waals surface area contributed by atoms with Crippen LogP contribution in [0.4, 0.5) is 0 Å². The third-order valence-electron chi connectivity index (χ3n) is 11.2. The van der Waals surface area contributed by atoms with Crippen LogP contribution in [0.15, 0.2) is 11.6 Å². The minimum absolute atomic E-state index is 0.119. The number of hydrogen-bond acceptors (Lipinski definition) is 3. The van der Waals surface area contributed by atoms with Crippen molar-refractivity contribution in [2.24, 2.45) is 46.3 Å². The van der Waals surface area contributed by atoms with Gasteiger partial charge in [-0.3, -0.25) is 4.79 Å². The van der Waals surface area contributed by atoms with Crippen LogP contribution in [0.2, 0.25) is 0 Å². The molecule has 4 unspecified atom stereocenters. The normalized spacial score (nSPS) is 47.7. The van der Waals surface area contributed by atoms with E-state index in [-0.39, 0.29) is 12.0 Å². The molecule has 180 valence electrons. The van der Waals surface area contributed by atoms with E-state index in [9.17, 15) is 15.0 Å². The number of piperidine rings is 1. The second-order valence-electron chi connectivity index (χ2n) is 12.8. The second-order valence-corrected chi connectivity index (χ2v) is 12.8. The van der Waals surface area contributed by atoms with Gasteiger partial charge in [0.15, 0.2) is 0 Å². The van der Waals surface area contributed by atoms with E-state index in [1.54, 1.807) is 5.57 Å². The first kappa shape index (κ1) is 22.9. The molecule has 4 nitrogen and oxygen atoms in total. The van der Waals surface area contributed by atoms with Gasteiger partial charge in [-0.15, -0.1) is 0 Å². The summed E-state index contributed by atoms with van der Waals surface area (Å²) in [4.78, 5) is 14.0. The van der Waals surface area contributed by atoms with Crippen LogP contribution in [0, 0.1) is 46.3 Å².